The van der Waals surface area contributed by atoms with Crippen molar-refractivity contribution in [2.45, 2.75) is 12.6 Å². The Hall–Kier alpha value is 0.180. The van der Waals surface area contributed by atoms with Gasteiger partial charge in [0.2, 0.25) is 0 Å². The van der Waals surface area contributed by atoms with Gasteiger partial charge in [-0.1, -0.05) is 33.7 Å². The predicted octanol–water partition coefficient (Wildman–Crippen LogP) is 3.46. The summed E-state index contributed by atoms with van der Waals surface area (Å²) < 4.78 is 14.0. The first-order chi connectivity index (χ1) is 5.64. The summed E-state index contributed by atoms with van der Waals surface area (Å²) in [4.78, 5) is 0. The summed E-state index contributed by atoms with van der Waals surface area (Å²) in [7, 11) is 0. The summed E-state index contributed by atoms with van der Waals surface area (Å²) in [5, 5.41) is 0.305. The SMILES string of the molecule is CC1=CC=CC(F)(CBr)C1CCl. The van der Waals surface area contributed by atoms with E-state index in [1.54, 1.807) is 12.2 Å². The van der Waals surface area contributed by atoms with Gasteiger partial charge in [-0.05, 0) is 13.0 Å². The smallest absolute Gasteiger partial charge is 0.146 e. The van der Waals surface area contributed by atoms with Gasteiger partial charge in [-0.3, -0.25) is 0 Å². The van der Waals surface area contributed by atoms with E-state index in [2.05, 4.69) is 15.9 Å². The molecule has 0 aromatic carbocycles. The van der Waals surface area contributed by atoms with Crippen molar-refractivity contribution in [1.82, 2.24) is 0 Å². The van der Waals surface area contributed by atoms with Crippen LogP contribution in [0.4, 0.5) is 4.39 Å². The van der Waals surface area contributed by atoms with E-state index in [0.29, 0.717) is 11.2 Å². The summed E-state index contributed by atoms with van der Waals surface area (Å²) in [6, 6.07) is 0. The molecule has 2 atom stereocenters. The van der Waals surface area contributed by atoms with Crippen LogP contribution in [-0.4, -0.2) is 16.9 Å². The van der Waals surface area contributed by atoms with E-state index in [-0.39, 0.29) is 5.92 Å². The minimum atomic E-state index is -1.30. The standard InChI is InChI=1S/C9H11BrClF/c1-7-3-2-4-9(12,6-10)8(7)5-11/h2-4,8H,5-6H2,1H3. The molecule has 12 heavy (non-hydrogen) atoms. The maximum atomic E-state index is 14.0. The van der Waals surface area contributed by atoms with Crippen molar-refractivity contribution < 1.29 is 4.39 Å². The molecule has 2 unspecified atom stereocenters. The number of hydrogen-bond donors (Lipinski definition) is 0. The van der Waals surface area contributed by atoms with E-state index >= 15 is 0 Å². The molecule has 0 aliphatic heterocycles. The van der Waals surface area contributed by atoms with Crippen molar-refractivity contribution in [3.8, 4) is 0 Å². The number of halogens is 3. The number of rotatable bonds is 2. The van der Waals surface area contributed by atoms with Crippen LogP contribution in [-0.2, 0) is 0 Å². The number of hydrogen-bond acceptors (Lipinski definition) is 0. The van der Waals surface area contributed by atoms with Crippen molar-refractivity contribution in [2.24, 2.45) is 5.92 Å². The third-order valence-electron chi connectivity index (χ3n) is 2.22. The summed E-state index contributed by atoms with van der Waals surface area (Å²) in [6.07, 6.45) is 5.23. The van der Waals surface area contributed by atoms with Gasteiger partial charge >= 0.3 is 0 Å². The molecule has 0 saturated carbocycles. The summed E-state index contributed by atoms with van der Waals surface area (Å²) in [5.41, 5.74) is -0.296. The number of alkyl halides is 3. The molecule has 0 nitrogen and oxygen atoms in total. The van der Waals surface area contributed by atoms with E-state index < -0.39 is 5.67 Å². The molecule has 1 rings (SSSR count). The second-order valence-electron chi connectivity index (χ2n) is 3.04. The highest BCUT2D eigenvalue weighted by atomic mass is 79.9. The van der Waals surface area contributed by atoms with Gasteiger partial charge in [-0.25, -0.2) is 4.39 Å². The zero-order valence-corrected chi connectivity index (χ0v) is 9.20. The van der Waals surface area contributed by atoms with Crippen LogP contribution in [0.25, 0.3) is 0 Å². The van der Waals surface area contributed by atoms with Crippen LogP contribution in [0.2, 0.25) is 0 Å². The Balaban J connectivity index is 2.91. The lowest BCUT2D eigenvalue weighted by Crippen LogP contribution is -2.36. The van der Waals surface area contributed by atoms with Crippen LogP contribution in [0.3, 0.4) is 0 Å². The summed E-state index contributed by atoms with van der Waals surface area (Å²) in [6.45, 7) is 1.91. The van der Waals surface area contributed by atoms with Gasteiger partial charge in [0, 0.05) is 17.1 Å². The number of allylic oxidation sites excluding steroid dienone is 4. The first-order valence-electron chi connectivity index (χ1n) is 3.81. The first-order valence-corrected chi connectivity index (χ1v) is 5.46. The Labute approximate surface area is 85.6 Å². The second-order valence-corrected chi connectivity index (χ2v) is 3.91. The van der Waals surface area contributed by atoms with Gasteiger partial charge in [0.25, 0.3) is 0 Å². The molecular weight excluding hydrogens is 242 g/mol. The molecule has 68 valence electrons. The van der Waals surface area contributed by atoms with Crippen LogP contribution < -0.4 is 0 Å². The van der Waals surface area contributed by atoms with Crippen LogP contribution >= 0.6 is 27.5 Å². The van der Waals surface area contributed by atoms with Crippen LogP contribution in [0.5, 0.6) is 0 Å². The van der Waals surface area contributed by atoms with Gasteiger partial charge in [0.05, 0.1) is 0 Å². The highest BCUT2D eigenvalue weighted by Gasteiger charge is 2.37. The molecule has 3 heteroatoms. The summed E-state index contributed by atoms with van der Waals surface area (Å²) >= 11 is 8.87. The van der Waals surface area contributed by atoms with Crippen molar-refractivity contribution in [1.29, 1.82) is 0 Å². The molecule has 0 fully saturated rings. The Bertz CT molecular complexity index is 225. The van der Waals surface area contributed by atoms with Crippen LogP contribution in [0, 0.1) is 5.92 Å². The van der Waals surface area contributed by atoms with Crippen molar-refractivity contribution in [3.63, 3.8) is 0 Å². The minimum absolute atomic E-state index is 0.191. The Morgan fingerprint density at radius 1 is 1.75 bits per heavy atom. The molecule has 1 aliphatic rings. The lowest BCUT2D eigenvalue weighted by molar-refractivity contribution is 0.202. The van der Waals surface area contributed by atoms with Crippen molar-refractivity contribution >= 4 is 27.5 Å². The molecule has 0 spiro atoms. The third kappa shape index (κ3) is 1.74. The predicted molar refractivity (Wildman–Crippen MR) is 54.7 cm³/mol. The normalized spacial score (nSPS) is 35.0. The maximum Gasteiger partial charge on any atom is 0.146 e. The molecule has 0 aromatic rings. The molecule has 1 aliphatic carbocycles. The fourth-order valence-corrected chi connectivity index (χ4v) is 2.44. The van der Waals surface area contributed by atoms with E-state index in [9.17, 15) is 4.39 Å². The molecule has 0 saturated heterocycles. The van der Waals surface area contributed by atoms with E-state index in [0.717, 1.165) is 5.57 Å². The van der Waals surface area contributed by atoms with E-state index in [1.165, 1.54) is 0 Å². The highest BCUT2D eigenvalue weighted by Crippen LogP contribution is 2.35. The average Bonchev–Trinajstić information content (AvgIpc) is 2.05. The van der Waals surface area contributed by atoms with Gasteiger partial charge in [-0.2, -0.15) is 0 Å². The molecule has 0 bridgehead atoms. The maximum absolute atomic E-state index is 14.0. The monoisotopic (exact) mass is 252 g/mol. The van der Waals surface area contributed by atoms with Gasteiger partial charge in [0.1, 0.15) is 5.67 Å². The molecule has 0 radical (unpaired) electrons. The quantitative estimate of drug-likeness (QED) is 0.661. The Morgan fingerprint density at radius 3 is 2.83 bits per heavy atom. The van der Waals surface area contributed by atoms with Crippen molar-refractivity contribution in [3.05, 3.63) is 23.8 Å². The van der Waals surface area contributed by atoms with Crippen LogP contribution in [0.15, 0.2) is 23.8 Å². The molecule has 0 aromatic heterocycles. The largest absolute Gasteiger partial charge is 0.238 e. The zero-order chi connectivity index (χ0) is 9.19. The topological polar surface area (TPSA) is 0 Å². The average molecular weight is 254 g/mol. The third-order valence-corrected chi connectivity index (χ3v) is 3.39. The van der Waals surface area contributed by atoms with E-state index in [4.69, 9.17) is 11.6 Å². The fraction of sp³-hybridized carbons (Fsp3) is 0.556. The highest BCUT2D eigenvalue weighted by molar-refractivity contribution is 9.09. The second kappa shape index (κ2) is 3.93. The lowest BCUT2D eigenvalue weighted by atomic mass is 9.83. The molecule has 0 heterocycles. The van der Waals surface area contributed by atoms with Gasteiger partial charge in [-0.15, -0.1) is 11.6 Å². The zero-order valence-electron chi connectivity index (χ0n) is 6.86. The Morgan fingerprint density at radius 2 is 2.42 bits per heavy atom. The molecular formula is C9H11BrClF. The lowest BCUT2D eigenvalue weighted by Gasteiger charge is -2.31. The molecule has 0 amide bonds. The minimum Gasteiger partial charge on any atom is -0.238 e. The van der Waals surface area contributed by atoms with Gasteiger partial charge in [0.15, 0.2) is 0 Å². The van der Waals surface area contributed by atoms with Crippen molar-refractivity contribution in [2.75, 3.05) is 11.2 Å². The van der Waals surface area contributed by atoms with E-state index in [1.807, 2.05) is 13.0 Å². The fourth-order valence-electron chi connectivity index (χ4n) is 1.36. The Kier molecular flexibility index (Phi) is 3.36. The summed E-state index contributed by atoms with van der Waals surface area (Å²) in [5.74, 6) is 0.137. The van der Waals surface area contributed by atoms with Gasteiger partial charge < -0.3 is 0 Å². The first kappa shape index (κ1) is 10.3. The van der Waals surface area contributed by atoms with Crippen LogP contribution in [0.1, 0.15) is 6.92 Å². The molecule has 0 N–H and O–H groups in total.